The van der Waals surface area contributed by atoms with E-state index in [0.29, 0.717) is 25.0 Å². The molecule has 1 aliphatic heterocycles. The number of aliphatic imine (C=N–C) groups is 1. The van der Waals surface area contributed by atoms with E-state index in [-0.39, 0.29) is 36.6 Å². The fourth-order valence-electron chi connectivity index (χ4n) is 3.35. The molecule has 1 aromatic carbocycles. The van der Waals surface area contributed by atoms with Gasteiger partial charge in [0.2, 0.25) is 10.0 Å². The molecular formula is C21H37IN4O4S. The molecule has 0 spiro atoms. The van der Waals surface area contributed by atoms with Crippen LogP contribution in [0.2, 0.25) is 0 Å². The Morgan fingerprint density at radius 3 is 2.35 bits per heavy atom. The minimum absolute atomic E-state index is 0. The minimum atomic E-state index is -3.10. The molecule has 2 rings (SSSR count). The number of nitrogens with zero attached hydrogens (tertiary/aromatic N) is 2. The summed E-state index contributed by atoms with van der Waals surface area (Å²) in [4.78, 5) is 4.51. The lowest BCUT2D eigenvalue weighted by molar-refractivity contribution is 0.186. The Balaban J connectivity index is 0.00000480. The Morgan fingerprint density at radius 1 is 1.23 bits per heavy atom. The van der Waals surface area contributed by atoms with Crippen molar-refractivity contribution in [3.63, 3.8) is 0 Å². The highest BCUT2D eigenvalue weighted by atomic mass is 127. The summed E-state index contributed by atoms with van der Waals surface area (Å²) in [6, 6.07) is 7.42. The maximum Gasteiger partial charge on any atom is 0.211 e. The molecule has 1 heterocycles. The van der Waals surface area contributed by atoms with Crippen molar-refractivity contribution in [2.45, 2.75) is 45.8 Å². The van der Waals surface area contributed by atoms with Gasteiger partial charge in [0.1, 0.15) is 5.75 Å². The van der Waals surface area contributed by atoms with Gasteiger partial charge in [0.15, 0.2) is 5.96 Å². The molecule has 0 aliphatic carbocycles. The number of hydrogen-bond donors (Lipinski definition) is 3. The molecule has 1 atom stereocenters. The van der Waals surface area contributed by atoms with Crippen LogP contribution in [0.1, 0.15) is 45.3 Å². The highest BCUT2D eigenvalue weighted by Gasteiger charge is 2.24. The van der Waals surface area contributed by atoms with E-state index in [1.54, 1.807) is 0 Å². The van der Waals surface area contributed by atoms with Crippen LogP contribution in [0.15, 0.2) is 29.3 Å². The third kappa shape index (κ3) is 9.92. The minimum Gasteiger partial charge on any atom is -0.491 e. The largest absolute Gasteiger partial charge is 0.491 e. The quantitative estimate of drug-likeness (QED) is 0.240. The van der Waals surface area contributed by atoms with E-state index in [1.165, 1.54) is 10.6 Å². The molecule has 0 aromatic heterocycles. The number of aliphatic hydroxyl groups is 1. The van der Waals surface area contributed by atoms with Crippen LogP contribution in [-0.4, -0.2) is 68.9 Å². The van der Waals surface area contributed by atoms with E-state index in [9.17, 15) is 13.5 Å². The van der Waals surface area contributed by atoms with Gasteiger partial charge in [0, 0.05) is 26.2 Å². The summed E-state index contributed by atoms with van der Waals surface area (Å²) in [6.07, 6.45) is 2.32. The molecule has 0 bridgehead atoms. The number of hydrogen-bond acceptors (Lipinski definition) is 5. The molecule has 1 unspecified atom stereocenters. The van der Waals surface area contributed by atoms with Crippen molar-refractivity contribution < 1.29 is 18.3 Å². The summed E-state index contributed by atoms with van der Waals surface area (Å²) < 4.78 is 30.4. The number of ether oxygens (including phenoxy) is 1. The number of halogens is 1. The first-order chi connectivity index (χ1) is 14.2. The molecule has 1 saturated heterocycles. The zero-order valence-electron chi connectivity index (χ0n) is 18.9. The molecule has 1 fully saturated rings. The topological polar surface area (TPSA) is 103 Å². The Morgan fingerprint density at radius 2 is 1.84 bits per heavy atom. The lowest BCUT2D eigenvalue weighted by atomic mass is 9.98. The summed E-state index contributed by atoms with van der Waals surface area (Å²) >= 11 is 0. The van der Waals surface area contributed by atoms with Gasteiger partial charge in [-0.3, -0.25) is 4.99 Å². The summed E-state index contributed by atoms with van der Waals surface area (Å²) in [6.45, 7) is 8.75. The molecule has 0 amide bonds. The van der Waals surface area contributed by atoms with E-state index in [1.807, 2.05) is 45.0 Å². The highest BCUT2D eigenvalue weighted by Crippen LogP contribution is 2.20. The van der Waals surface area contributed by atoms with E-state index in [2.05, 4.69) is 15.6 Å². The van der Waals surface area contributed by atoms with Crippen LogP contribution in [0, 0.1) is 5.92 Å². The number of rotatable bonds is 9. The first kappa shape index (κ1) is 27.9. The molecule has 10 heteroatoms. The number of sulfonamides is 1. The summed E-state index contributed by atoms with van der Waals surface area (Å²) in [5.41, 5.74) is 0.791. The maximum atomic E-state index is 11.6. The second-order valence-electron chi connectivity index (χ2n) is 7.96. The average Bonchev–Trinajstić information content (AvgIpc) is 2.69. The fourth-order valence-corrected chi connectivity index (χ4v) is 4.23. The van der Waals surface area contributed by atoms with Crippen molar-refractivity contribution in [1.82, 2.24) is 14.9 Å². The monoisotopic (exact) mass is 568 g/mol. The van der Waals surface area contributed by atoms with Crippen LogP contribution >= 0.6 is 24.0 Å². The van der Waals surface area contributed by atoms with Gasteiger partial charge in [-0.05, 0) is 57.2 Å². The second-order valence-corrected chi connectivity index (χ2v) is 9.94. The lowest BCUT2D eigenvalue weighted by Crippen LogP contribution is -2.44. The molecular weight excluding hydrogens is 531 g/mol. The van der Waals surface area contributed by atoms with Crippen molar-refractivity contribution in [2.75, 3.05) is 39.0 Å². The Bertz CT molecular complexity index is 779. The number of nitrogens with one attached hydrogen (secondary N) is 2. The van der Waals surface area contributed by atoms with Crippen LogP contribution in [0.25, 0.3) is 0 Å². The van der Waals surface area contributed by atoms with Crippen LogP contribution in [0.3, 0.4) is 0 Å². The molecule has 0 saturated carbocycles. The van der Waals surface area contributed by atoms with Gasteiger partial charge >= 0.3 is 0 Å². The normalized spacial score (nSPS) is 17.2. The number of piperidine rings is 1. The first-order valence-corrected chi connectivity index (χ1v) is 12.5. The summed E-state index contributed by atoms with van der Waals surface area (Å²) in [7, 11) is -3.10. The number of guanidine groups is 1. The average molecular weight is 569 g/mol. The Kier molecular flexibility index (Phi) is 12.1. The van der Waals surface area contributed by atoms with Gasteiger partial charge < -0.3 is 20.5 Å². The van der Waals surface area contributed by atoms with E-state index in [4.69, 9.17) is 4.74 Å². The maximum absolute atomic E-state index is 11.6. The van der Waals surface area contributed by atoms with Gasteiger partial charge in [0.25, 0.3) is 0 Å². The lowest BCUT2D eigenvalue weighted by Gasteiger charge is -2.30. The molecule has 1 aliphatic rings. The molecule has 8 nitrogen and oxygen atoms in total. The van der Waals surface area contributed by atoms with Gasteiger partial charge in [-0.25, -0.2) is 12.7 Å². The van der Waals surface area contributed by atoms with Gasteiger partial charge in [-0.2, -0.15) is 0 Å². The number of aliphatic hydroxyl groups excluding tert-OH is 1. The number of benzene rings is 1. The molecule has 1 aromatic rings. The second kappa shape index (κ2) is 13.4. The predicted octanol–water partition coefficient (Wildman–Crippen LogP) is 2.35. The highest BCUT2D eigenvalue weighted by molar-refractivity contribution is 14.0. The Hall–Kier alpha value is -1.11. The zero-order chi connectivity index (χ0) is 22.1. The van der Waals surface area contributed by atoms with E-state index < -0.39 is 16.1 Å². The third-order valence-electron chi connectivity index (χ3n) is 5.00. The first-order valence-electron chi connectivity index (χ1n) is 10.6. The van der Waals surface area contributed by atoms with Gasteiger partial charge in [0.05, 0.1) is 25.0 Å². The SMILES string of the molecule is CCNC(=NCC(O)c1ccc(OC(C)C)cc1)NCC1CCN(S(C)(=O)=O)CC1.I. The van der Waals surface area contributed by atoms with Gasteiger partial charge in [-0.15, -0.1) is 24.0 Å². The third-order valence-corrected chi connectivity index (χ3v) is 6.31. The van der Waals surface area contributed by atoms with Crippen LogP contribution < -0.4 is 15.4 Å². The Labute approximate surface area is 203 Å². The van der Waals surface area contributed by atoms with Crippen molar-refractivity contribution in [3.05, 3.63) is 29.8 Å². The smallest absolute Gasteiger partial charge is 0.211 e. The van der Waals surface area contributed by atoms with Crippen LogP contribution in [-0.2, 0) is 10.0 Å². The molecule has 178 valence electrons. The zero-order valence-corrected chi connectivity index (χ0v) is 22.0. The molecule has 3 N–H and O–H groups in total. The van der Waals surface area contributed by atoms with Crippen LogP contribution in [0.5, 0.6) is 5.75 Å². The van der Waals surface area contributed by atoms with E-state index >= 15 is 0 Å². The van der Waals surface area contributed by atoms with Crippen molar-refractivity contribution >= 4 is 40.0 Å². The van der Waals surface area contributed by atoms with Crippen LogP contribution in [0.4, 0.5) is 0 Å². The molecule has 31 heavy (non-hydrogen) atoms. The standard InChI is InChI=1S/C21H36N4O4S.HI/c1-5-22-21(23-14-17-10-12-25(13-11-17)30(4,27)28)24-15-20(26)18-6-8-19(9-7-18)29-16(2)3;/h6-9,16-17,20,26H,5,10-15H2,1-4H3,(H2,22,23,24);1H. The fraction of sp³-hybridized carbons (Fsp3) is 0.667. The van der Waals surface area contributed by atoms with Crippen molar-refractivity contribution in [2.24, 2.45) is 10.9 Å². The predicted molar refractivity (Wildman–Crippen MR) is 136 cm³/mol. The van der Waals surface area contributed by atoms with Gasteiger partial charge in [-0.1, -0.05) is 12.1 Å². The van der Waals surface area contributed by atoms with Crippen molar-refractivity contribution in [3.8, 4) is 5.75 Å². The van der Waals surface area contributed by atoms with Crippen molar-refractivity contribution in [1.29, 1.82) is 0 Å². The summed E-state index contributed by atoms with van der Waals surface area (Å²) in [5, 5.41) is 17.0. The summed E-state index contributed by atoms with van der Waals surface area (Å²) in [5.74, 6) is 1.83. The molecule has 0 radical (unpaired) electrons. The van der Waals surface area contributed by atoms with E-state index in [0.717, 1.165) is 37.2 Å².